The van der Waals surface area contributed by atoms with Crippen LogP contribution in [0.25, 0.3) is 0 Å². The van der Waals surface area contributed by atoms with E-state index in [1.54, 1.807) is 14.2 Å². The Hall–Kier alpha value is 0.354. The van der Waals surface area contributed by atoms with Crippen molar-refractivity contribution in [2.45, 2.75) is 38.3 Å². The van der Waals surface area contributed by atoms with Crippen molar-refractivity contribution in [1.29, 1.82) is 0 Å². The summed E-state index contributed by atoms with van der Waals surface area (Å²) in [6.45, 7) is 9.28. The van der Waals surface area contributed by atoms with Crippen LogP contribution in [-0.2, 0) is 8.85 Å². The van der Waals surface area contributed by atoms with Crippen LogP contribution in [0.15, 0.2) is 0 Å². The molecule has 0 aliphatic carbocycles. The summed E-state index contributed by atoms with van der Waals surface area (Å²) in [5, 5.41) is 0. The Morgan fingerprint density at radius 1 is 0.833 bits per heavy atom. The molecule has 2 nitrogen and oxygen atoms in total. The Morgan fingerprint density at radius 2 is 1.25 bits per heavy atom. The highest BCUT2D eigenvalue weighted by Gasteiger charge is 2.30. The first-order chi connectivity index (χ1) is 5.33. The van der Waals surface area contributed by atoms with Gasteiger partial charge in [0.05, 0.1) is 0 Å². The molecule has 0 fully saturated rings. The molecule has 4 heteroatoms. The first-order valence-electron chi connectivity index (χ1n) is 4.43. The van der Waals surface area contributed by atoms with Crippen molar-refractivity contribution in [2.75, 3.05) is 14.2 Å². The number of rotatable bonds is 5. The summed E-state index contributed by atoms with van der Waals surface area (Å²) in [5.41, 5.74) is 0. The van der Waals surface area contributed by atoms with Crippen LogP contribution in [-0.4, -0.2) is 30.9 Å². The molecule has 0 unspecified atom stereocenters. The van der Waals surface area contributed by atoms with Gasteiger partial charge in [0.25, 0.3) is 0 Å². The predicted molar refractivity (Wildman–Crippen MR) is 58.6 cm³/mol. The van der Waals surface area contributed by atoms with Gasteiger partial charge in [-0.25, -0.2) is 0 Å². The standard InChI is InChI=1S/C8H22O2Si2/c1-9-12(6,10-2)8-7-11(3,4)5/h7-8H2,1-6H3. The molecule has 12 heavy (non-hydrogen) atoms. The molecule has 0 saturated heterocycles. The Kier molecular flexibility index (Phi) is 4.69. The second-order valence-corrected chi connectivity index (χ2v) is 13.8. The van der Waals surface area contributed by atoms with Gasteiger partial charge in [-0.3, -0.25) is 0 Å². The summed E-state index contributed by atoms with van der Waals surface area (Å²) in [6, 6.07) is 2.44. The highest BCUT2D eigenvalue weighted by Crippen LogP contribution is 2.20. The lowest BCUT2D eigenvalue weighted by atomic mass is 10.9. The molecular formula is C8H22O2Si2. The maximum Gasteiger partial charge on any atom is 0.334 e. The molecule has 0 rings (SSSR count). The lowest BCUT2D eigenvalue weighted by Gasteiger charge is -2.26. The molecule has 0 bridgehead atoms. The average Bonchev–Trinajstić information content (AvgIpc) is 1.99. The van der Waals surface area contributed by atoms with Gasteiger partial charge in [0.1, 0.15) is 0 Å². The summed E-state index contributed by atoms with van der Waals surface area (Å²) in [4.78, 5) is 0. The van der Waals surface area contributed by atoms with Gasteiger partial charge in [-0.1, -0.05) is 25.7 Å². The zero-order valence-electron chi connectivity index (χ0n) is 9.23. The fraction of sp³-hybridized carbons (Fsp3) is 1.00. The summed E-state index contributed by atoms with van der Waals surface area (Å²) >= 11 is 0. The Labute approximate surface area is 78.5 Å². The van der Waals surface area contributed by atoms with Crippen LogP contribution >= 0.6 is 0 Å². The van der Waals surface area contributed by atoms with E-state index in [4.69, 9.17) is 8.85 Å². The molecule has 0 aromatic rings. The van der Waals surface area contributed by atoms with Gasteiger partial charge in [0.15, 0.2) is 0 Å². The molecule has 0 N–H and O–H groups in total. The largest absolute Gasteiger partial charge is 0.398 e. The summed E-state index contributed by atoms with van der Waals surface area (Å²) < 4.78 is 10.8. The summed E-state index contributed by atoms with van der Waals surface area (Å²) in [6.07, 6.45) is 0. The molecule has 0 atom stereocenters. The molecule has 0 aliphatic rings. The smallest absolute Gasteiger partial charge is 0.334 e. The van der Waals surface area contributed by atoms with Gasteiger partial charge in [0, 0.05) is 22.3 Å². The number of hydrogen-bond acceptors (Lipinski definition) is 2. The third kappa shape index (κ3) is 5.08. The Morgan fingerprint density at radius 3 is 1.50 bits per heavy atom. The summed E-state index contributed by atoms with van der Waals surface area (Å²) in [7, 11) is 0.830. The maximum atomic E-state index is 5.42. The highest BCUT2D eigenvalue weighted by atomic mass is 28.4. The van der Waals surface area contributed by atoms with Crippen molar-refractivity contribution in [3.63, 3.8) is 0 Å². The first kappa shape index (κ1) is 12.4. The third-order valence-electron chi connectivity index (χ3n) is 2.19. The molecule has 74 valence electrons. The topological polar surface area (TPSA) is 18.5 Å². The van der Waals surface area contributed by atoms with E-state index in [1.807, 2.05) is 0 Å². The van der Waals surface area contributed by atoms with E-state index in [2.05, 4.69) is 26.2 Å². The molecule has 0 heterocycles. The molecule has 0 aliphatic heterocycles. The van der Waals surface area contributed by atoms with Crippen molar-refractivity contribution in [2.24, 2.45) is 0 Å². The van der Waals surface area contributed by atoms with E-state index in [0.29, 0.717) is 0 Å². The zero-order chi connectivity index (χ0) is 9.83. The van der Waals surface area contributed by atoms with Gasteiger partial charge < -0.3 is 8.85 Å². The van der Waals surface area contributed by atoms with Crippen LogP contribution in [0.2, 0.25) is 38.3 Å². The minimum Gasteiger partial charge on any atom is -0.398 e. The van der Waals surface area contributed by atoms with Gasteiger partial charge in [-0.05, 0) is 12.6 Å². The van der Waals surface area contributed by atoms with E-state index >= 15 is 0 Å². The zero-order valence-corrected chi connectivity index (χ0v) is 11.2. The van der Waals surface area contributed by atoms with E-state index in [9.17, 15) is 0 Å². The highest BCUT2D eigenvalue weighted by molar-refractivity contribution is 6.78. The van der Waals surface area contributed by atoms with Gasteiger partial charge >= 0.3 is 8.56 Å². The second-order valence-electron chi connectivity index (χ2n) is 4.60. The normalized spacial score (nSPS) is 13.5. The molecule has 0 amide bonds. The van der Waals surface area contributed by atoms with Crippen molar-refractivity contribution in [3.8, 4) is 0 Å². The van der Waals surface area contributed by atoms with Crippen LogP contribution < -0.4 is 0 Å². The lowest BCUT2D eigenvalue weighted by molar-refractivity contribution is 0.251. The Balaban J connectivity index is 3.89. The average molecular weight is 206 g/mol. The quantitative estimate of drug-likeness (QED) is 0.644. The number of hydrogen-bond donors (Lipinski definition) is 0. The van der Waals surface area contributed by atoms with Gasteiger partial charge in [-0.2, -0.15) is 0 Å². The van der Waals surface area contributed by atoms with Crippen LogP contribution in [0.1, 0.15) is 0 Å². The van der Waals surface area contributed by atoms with E-state index in [1.165, 1.54) is 6.04 Å². The third-order valence-corrected chi connectivity index (χ3v) is 7.33. The van der Waals surface area contributed by atoms with Crippen LogP contribution in [0.4, 0.5) is 0 Å². The van der Waals surface area contributed by atoms with Crippen molar-refractivity contribution < 1.29 is 8.85 Å². The minimum absolute atomic E-state index is 0.925. The minimum atomic E-state index is -1.77. The van der Waals surface area contributed by atoms with E-state index in [0.717, 1.165) is 6.04 Å². The Bertz CT molecular complexity index is 128. The van der Waals surface area contributed by atoms with Crippen molar-refractivity contribution in [1.82, 2.24) is 0 Å². The van der Waals surface area contributed by atoms with E-state index in [-0.39, 0.29) is 0 Å². The van der Waals surface area contributed by atoms with Crippen LogP contribution in [0, 0.1) is 0 Å². The van der Waals surface area contributed by atoms with Crippen molar-refractivity contribution in [3.05, 3.63) is 0 Å². The van der Waals surface area contributed by atoms with Crippen LogP contribution in [0.5, 0.6) is 0 Å². The van der Waals surface area contributed by atoms with Crippen molar-refractivity contribution >= 4 is 16.6 Å². The molecular weight excluding hydrogens is 184 g/mol. The molecule has 0 aromatic carbocycles. The van der Waals surface area contributed by atoms with Gasteiger partial charge in [0.2, 0.25) is 0 Å². The van der Waals surface area contributed by atoms with Crippen LogP contribution in [0.3, 0.4) is 0 Å². The second kappa shape index (κ2) is 4.55. The molecule has 0 saturated carbocycles. The summed E-state index contributed by atoms with van der Waals surface area (Å²) in [5.74, 6) is 0. The van der Waals surface area contributed by atoms with Gasteiger partial charge in [-0.15, -0.1) is 0 Å². The monoisotopic (exact) mass is 206 g/mol. The molecule has 0 radical (unpaired) electrons. The SMILES string of the molecule is CO[Si](C)(CC[Si](C)(C)C)OC. The molecule has 0 spiro atoms. The molecule has 0 aromatic heterocycles. The fourth-order valence-corrected chi connectivity index (χ4v) is 6.28. The maximum absolute atomic E-state index is 5.42. The predicted octanol–water partition coefficient (Wildman–Crippen LogP) is 2.69. The first-order valence-corrected chi connectivity index (χ1v) is 10.7. The fourth-order valence-electron chi connectivity index (χ4n) is 0.890. The lowest BCUT2D eigenvalue weighted by Crippen LogP contribution is -2.38. The van der Waals surface area contributed by atoms with E-state index < -0.39 is 16.6 Å².